The van der Waals surface area contributed by atoms with E-state index < -0.39 is 5.56 Å². The van der Waals surface area contributed by atoms with E-state index in [-0.39, 0.29) is 34.5 Å². The van der Waals surface area contributed by atoms with Gasteiger partial charge in [0.15, 0.2) is 11.4 Å². The fourth-order valence-electron chi connectivity index (χ4n) is 2.95. The molecule has 7 heteroatoms. The van der Waals surface area contributed by atoms with Gasteiger partial charge < -0.3 is 9.84 Å². The van der Waals surface area contributed by atoms with Crippen molar-refractivity contribution >= 4 is 34.2 Å². The first-order valence-corrected chi connectivity index (χ1v) is 9.16. The lowest BCUT2D eigenvalue weighted by molar-refractivity contribution is 0.305. The van der Waals surface area contributed by atoms with Crippen molar-refractivity contribution in [2.75, 3.05) is 0 Å². The zero-order valence-electron chi connectivity index (χ0n) is 14.5. The van der Waals surface area contributed by atoms with Crippen LogP contribution in [0.5, 0.6) is 11.5 Å². The molecule has 0 aliphatic rings. The predicted molar refractivity (Wildman–Crippen MR) is 110 cm³/mol. The highest BCUT2D eigenvalue weighted by atomic mass is 35.5. The van der Waals surface area contributed by atoms with E-state index in [9.17, 15) is 9.90 Å². The van der Waals surface area contributed by atoms with E-state index in [1.54, 1.807) is 24.3 Å². The average molecular weight is 413 g/mol. The summed E-state index contributed by atoms with van der Waals surface area (Å²) < 4.78 is 7.25. The lowest BCUT2D eigenvalue weighted by atomic mass is 10.2. The van der Waals surface area contributed by atoms with Crippen molar-refractivity contribution in [3.05, 3.63) is 92.8 Å². The number of ether oxygens (including phenoxy) is 1. The third-order valence-corrected chi connectivity index (χ3v) is 4.84. The molecule has 2 aromatic heterocycles. The van der Waals surface area contributed by atoms with Crippen LogP contribution in [-0.2, 0) is 6.61 Å². The fourth-order valence-corrected chi connectivity index (χ4v) is 3.39. The summed E-state index contributed by atoms with van der Waals surface area (Å²) in [6.45, 7) is 0.242. The maximum atomic E-state index is 12.8. The molecule has 0 aliphatic carbocycles. The van der Waals surface area contributed by atoms with Crippen LogP contribution in [0.2, 0.25) is 10.0 Å². The van der Waals surface area contributed by atoms with Gasteiger partial charge in [0.25, 0.3) is 5.56 Å². The molecule has 2 heterocycles. The van der Waals surface area contributed by atoms with Crippen LogP contribution >= 0.6 is 23.2 Å². The highest BCUT2D eigenvalue weighted by Crippen LogP contribution is 2.38. The van der Waals surface area contributed by atoms with Gasteiger partial charge in [-0.15, -0.1) is 0 Å². The zero-order valence-corrected chi connectivity index (χ0v) is 16.0. The minimum atomic E-state index is -0.502. The SMILES string of the molecule is O=c1cc(O)c2cccnc2n1-c1c(Cl)ccc(Cl)c1OCc1ccccc1. The largest absolute Gasteiger partial charge is 0.507 e. The first kappa shape index (κ1) is 18.3. The molecule has 0 saturated carbocycles. The molecule has 28 heavy (non-hydrogen) atoms. The molecule has 0 aliphatic heterocycles. The standard InChI is InChI=1S/C21H14Cl2N2O3/c22-15-8-9-16(23)20(28-12-13-5-2-1-3-6-13)19(15)25-18(27)11-17(26)14-7-4-10-24-21(14)25/h1-11,26H,12H2. The Kier molecular flexibility index (Phi) is 4.94. The minimum Gasteiger partial charge on any atom is -0.507 e. The van der Waals surface area contributed by atoms with E-state index in [4.69, 9.17) is 27.9 Å². The highest BCUT2D eigenvalue weighted by molar-refractivity contribution is 6.36. The summed E-state index contributed by atoms with van der Waals surface area (Å²) >= 11 is 12.8. The molecule has 0 bridgehead atoms. The Morgan fingerprint density at radius 1 is 1.00 bits per heavy atom. The minimum absolute atomic E-state index is 0.158. The molecule has 0 atom stereocenters. The number of hydrogen-bond donors (Lipinski definition) is 1. The van der Waals surface area contributed by atoms with E-state index >= 15 is 0 Å². The third-order valence-electron chi connectivity index (χ3n) is 4.24. The maximum absolute atomic E-state index is 12.8. The summed E-state index contributed by atoms with van der Waals surface area (Å²) in [5.41, 5.74) is 0.961. The van der Waals surface area contributed by atoms with Gasteiger partial charge in [-0.1, -0.05) is 53.5 Å². The third kappa shape index (κ3) is 3.30. The predicted octanol–water partition coefficient (Wildman–Crippen LogP) is 4.98. The summed E-state index contributed by atoms with van der Waals surface area (Å²) in [5.74, 6) is 0.104. The average Bonchev–Trinajstić information content (AvgIpc) is 2.70. The quantitative estimate of drug-likeness (QED) is 0.513. The molecule has 0 spiro atoms. The van der Waals surface area contributed by atoms with Gasteiger partial charge in [0.2, 0.25) is 0 Å². The zero-order chi connectivity index (χ0) is 19.7. The Balaban J connectivity index is 1.93. The molecule has 0 unspecified atom stereocenters. The number of nitrogens with zero attached hydrogens (tertiary/aromatic N) is 2. The normalized spacial score (nSPS) is 10.9. The number of hydrogen-bond acceptors (Lipinski definition) is 4. The summed E-state index contributed by atoms with van der Waals surface area (Å²) in [4.78, 5) is 17.0. The second kappa shape index (κ2) is 7.54. The van der Waals surface area contributed by atoms with E-state index in [2.05, 4.69) is 4.98 Å². The molecule has 1 N–H and O–H groups in total. The van der Waals surface area contributed by atoms with Crippen LogP contribution in [0.1, 0.15) is 5.56 Å². The van der Waals surface area contributed by atoms with Crippen LogP contribution in [0, 0.1) is 0 Å². The smallest absolute Gasteiger partial charge is 0.260 e. The van der Waals surface area contributed by atoms with Crippen LogP contribution in [0.3, 0.4) is 0 Å². The number of benzene rings is 2. The molecule has 2 aromatic carbocycles. The summed E-state index contributed by atoms with van der Waals surface area (Å²) in [7, 11) is 0. The second-order valence-corrected chi connectivity index (χ2v) is 6.87. The van der Waals surface area contributed by atoms with Crippen LogP contribution in [0.25, 0.3) is 16.7 Å². The molecule has 140 valence electrons. The molecule has 4 rings (SSSR count). The van der Waals surface area contributed by atoms with Gasteiger partial charge in [0, 0.05) is 12.3 Å². The Bertz CT molecular complexity index is 1220. The van der Waals surface area contributed by atoms with Crippen LogP contribution < -0.4 is 10.3 Å². The number of fused-ring (bicyclic) bond motifs is 1. The van der Waals surface area contributed by atoms with E-state index in [0.29, 0.717) is 10.4 Å². The summed E-state index contributed by atoms with van der Waals surface area (Å²) in [6, 6.07) is 17.2. The number of aromatic hydroxyl groups is 1. The molecule has 5 nitrogen and oxygen atoms in total. The van der Waals surface area contributed by atoms with Crippen LogP contribution in [-0.4, -0.2) is 14.7 Å². The lowest BCUT2D eigenvalue weighted by Crippen LogP contribution is -2.20. The molecular formula is C21H14Cl2N2O3. The van der Waals surface area contributed by atoms with E-state index in [0.717, 1.165) is 11.6 Å². The molecule has 4 aromatic rings. The van der Waals surface area contributed by atoms with Crippen molar-refractivity contribution in [3.63, 3.8) is 0 Å². The van der Waals surface area contributed by atoms with Crippen molar-refractivity contribution in [2.24, 2.45) is 0 Å². The van der Waals surface area contributed by atoms with Gasteiger partial charge in [0.1, 0.15) is 18.0 Å². The van der Waals surface area contributed by atoms with Gasteiger partial charge >= 0.3 is 0 Å². The fraction of sp³-hybridized carbons (Fsp3) is 0.0476. The Hall–Kier alpha value is -3.02. The van der Waals surface area contributed by atoms with Crippen molar-refractivity contribution < 1.29 is 9.84 Å². The van der Waals surface area contributed by atoms with Gasteiger partial charge in [-0.05, 0) is 29.8 Å². The number of halogens is 2. The summed E-state index contributed by atoms with van der Waals surface area (Å²) in [5, 5.41) is 11.1. The first-order chi connectivity index (χ1) is 13.6. The van der Waals surface area contributed by atoms with Gasteiger partial charge in [-0.25, -0.2) is 4.98 Å². The van der Waals surface area contributed by atoms with Crippen molar-refractivity contribution in [3.8, 4) is 17.2 Å². The van der Waals surface area contributed by atoms with Gasteiger partial charge in [-0.3, -0.25) is 9.36 Å². The maximum Gasteiger partial charge on any atom is 0.260 e. The monoisotopic (exact) mass is 412 g/mol. The Labute approximate surface area is 170 Å². The molecular weight excluding hydrogens is 399 g/mol. The number of rotatable bonds is 4. The van der Waals surface area contributed by atoms with Crippen LogP contribution in [0.15, 0.2) is 71.7 Å². The van der Waals surface area contributed by atoms with Crippen molar-refractivity contribution in [2.45, 2.75) is 6.61 Å². The van der Waals surface area contributed by atoms with Crippen molar-refractivity contribution in [1.29, 1.82) is 0 Å². The summed E-state index contributed by atoms with van der Waals surface area (Å²) in [6.07, 6.45) is 1.53. The molecule has 0 radical (unpaired) electrons. The second-order valence-electron chi connectivity index (χ2n) is 6.06. The Morgan fingerprint density at radius 3 is 2.54 bits per heavy atom. The van der Waals surface area contributed by atoms with Crippen LogP contribution in [0.4, 0.5) is 0 Å². The number of aromatic nitrogens is 2. The van der Waals surface area contributed by atoms with Crippen molar-refractivity contribution in [1.82, 2.24) is 9.55 Å². The molecule has 0 amide bonds. The van der Waals surface area contributed by atoms with E-state index in [1.165, 1.54) is 10.8 Å². The van der Waals surface area contributed by atoms with Gasteiger partial charge in [-0.2, -0.15) is 0 Å². The molecule has 0 fully saturated rings. The Morgan fingerprint density at radius 2 is 1.75 bits per heavy atom. The van der Waals surface area contributed by atoms with Gasteiger partial charge in [0.05, 0.1) is 15.4 Å². The first-order valence-electron chi connectivity index (χ1n) is 8.41. The molecule has 0 saturated heterocycles. The number of pyridine rings is 2. The lowest BCUT2D eigenvalue weighted by Gasteiger charge is -2.18. The topological polar surface area (TPSA) is 64.3 Å². The highest BCUT2D eigenvalue weighted by Gasteiger charge is 2.20. The van der Waals surface area contributed by atoms with E-state index in [1.807, 2.05) is 30.3 Å².